The largest absolute Gasteiger partial charge is 0.421 e. The van der Waals surface area contributed by atoms with Crippen LogP contribution in [0.5, 0.6) is 0 Å². The van der Waals surface area contributed by atoms with Gasteiger partial charge in [-0.1, -0.05) is 18.2 Å². The molecule has 1 fully saturated rings. The number of aliphatic hydroxyl groups is 1. The Hall–Kier alpha value is -2.64. The van der Waals surface area contributed by atoms with Crippen LogP contribution in [0.15, 0.2) is 35.6 Å². The van der Waals surface area contributed by atoms with Gasteiger partial charge < -0.3 is 15.3 Å². The van der Waals surface area contributed by atoms with E-state index in [4.69, 9.17) is 11.6 Å². The van der Waals surface area contributed by atoms with E-state index in [1.165, 1.54) is 17.9 Å². The molecular formula is C19H22ClF3N6O3S. The normalized spacial score (nSPS) is 19.3. The topological polar surface area (TPSA) is 120 Å². The molecule has 180 valence electrons. The van der Waals surface area contributed by atoms with E-state index in [1.54, 1.807) is 6.92 Å². The molecule has 3 heterocycles. The minimum absolute atomic E-state index is 0.0306. The molecular weight excluding hydrogens is 485 g/mol. The van der Waals surface area contributed by atoms with E-state index in [2.05, 4.69) is 31.6 Å². The van der Waals surface area contributed by atoms with E-state index in [0.717, 1.165) is 6.07 Å². The molecule has 0 radical (unpaired) electrons. The first-order chi connectivity index (χ1) is 15.2. The number of halogens is 4. The highest BCUT2D eigenvalue weighted by Crippen LogP contribution is 2.38. The first-order valence-corrected chi connectivity index (χ1v) is 11.6. The molecule has 0 saturated carbocycles. The van der Waals surface area contributed by atoms with Crippen molar-refractivity contribution in [2.45, 2.75) is 43.5 Å². The van der Waals surface area contributed by atoms with Crippen LogP contribution in [0.3, 0.4) is 0 Å². The summed E-state index contributed by atoms with van der Waals surface area (Å²) in [5.41, 5.74) is -1.94. The third-order valence-corrected chi connectivity index (χ3v) is 6.39. The monoisotopic (exact) mass is 506 g/mol. The number of nitrogens with one attached hydrogen (secondary N) is 2. The predicted molar refractivity (Wildman–Crippen MR) is 117 cm³/mol. The summed E-state index contributed by atoms with van der Waals surface area (Å²) in [6, 6.07) is 2.45. The Morgan fingerprint density at radius 3 is 2.61 bits per heavy atom. The second-order valence-corrected chi connectivity index (χ2v) is 9.94. The number of nitrogens with zero attached hydrogens (tertiary/aromatic N) is 4. The number of β-amino-alcohol motifs (C(OH)–C–C–N with tert-alkyl or cyclic N) is 1. The van der Waals surface area contributed by atoms with Gasteiger partial charge >= 0.3 is 6.18 Å². The highest BCUT2D eigenvalue weighted by Gasteiger charge is 2.39. The summed E-state index contributed by atoms with van der Waals surface area (Å²) >= 11 is 6.08. The average molecular weight is 507 g/mol. The number of allylic oxidation sites excluding steroid dienone is 1. The summed E-state index contributed by atoms with van der Waals surface area (Å²) < 4.78 is 67.3. The fourth-order valence-electron chi connectivity index (χ4n) is 3.34. The zero-order valence-electron chi connectivity index (χ0n) is 17.7. The van der Waals surface area contributed by atoms with Crippen molar-refractivity contribution in [3.05, 3.63) is 41.3 Å². The highest BCUT2D eigenvalue weighted by atomic mass is 35.5. The standard InChI is InChI=1S/C19H22ClF3N6O3S/c1-11(2)28-33(31,32)14-6-5-13(15(20)26-14)25-17-24-9-12(19(21,22)23)16(27-17)29-8-4-7-18(3,30)10-29/h5-6,9,28,30H,1,4,7-8,10H2,2-3H3,(H,24,25,27)/t18-/m0/s1. The van der Waals surface area contributed by atoms with Crippen molar-refractivity contribution in [1.29, 1.82) is 0 Å². The molecule has 1 atom stereocenters. The van der Waals surface area contributed by atoms with Gasteiger partial charge in [-0.2, -0.15) is 26.6 Å². The molecule has 0 spiro atoms. The van der Waals surface area contributed by atoms with Gasteiger partial charge in [-0.25, -0.2) is 9.97 Å². The third kappa shape index (κ3) is 6.03. The molecule has 3 N–H and O–H groups in total. The van der Waals surface area contributed by atoms with Crippen LogP contribution in [0, 0.1) is 0 Å². The smallest absolute Gasteiger partial charge is 0.388 e. The fraction of sp³-hybridized carbons (Fsp3) is 0.421. The average Bonchev–Trinajstić information content (AvgIpc) is 2.67. The van der Waals surface area contributed by atoms with Crippen molar-refractivity contribution in [2.24, 2.45) is 0 Å². The lowest BCUT2D eigenvalue weighted by atomic mass is 9.95. The number of anilines is 3. The van der Waals surface area contributed by atoms with Gasteiger partial charge in [-0.15, -0.1) is 0 Å². The van der Waals surface area contributed by atoms with Crippen molar-refractivity contribution in [2.75, 3.05) is 23.3 Å². The van der Waals surface area contributed by atoms with Gasteiger partial charge in [0, 0.05) is 25.0 Å². The van der Waals surface area contributed by atoms with Gasteiger partial charge in [0.1, 0.15) is 11.4 Å². The van der Waals surface area contributed by atoms with Crippen LogP contribution < -0.4 is 14.9 Å². The van der Waals surface area contributed by atoms with Crippen molar-refractivity contribution in [3.63, 3.8) is 0 Å². The summed E-state index contributed by atoms with van der Waals surface area (Å²) in [7, 11) is -3.99. The van der Waals surface area contributed by atoms with Crippen LogP contribution in [0.1, 0.15) is 32.3 Å². The lowest BCUT2D eigenvalue weighted by molar-refractivity contribution is -0.137. The molecule has 0 aliphatic carbocycles. The molecule has 2 aromatic rings. The Morgan fingerprint density at radius 1 is 1.33 bits per heavy atom. The third-order valence-electron chi connectivity index (χ3n) is 4.70. The van der Waals surface area contributed by atoms with Crippen molar-refractivity contribution in [3.8, 4) is 0 Å². The highest BCUT2D eigenvalue weighted by molar-refractivity contribution is 7.89. The zero-order valence-corrected chi connectivity index (χ0v) is 19.3. The SMILES string of the molecule is C=C(C)NS(=O)(=O)c1ccc(Nc2ncc(C(F)(F)F)c(N3CCC[C@](C)(O)C3)n2)c(Cl)n1. The lowest BCUT2D eigenvalue weighted by Crippen LogP contribution is -2.47. The number of sulfonamides is 1. The van der Waals surface area contributed by atoms with Crippen LogP contribution in [-0.2, 0) is 16.2 Å². The summed E-state index contributed by atoms with van der Waals surface area (Å²) in [5.74, 6) is -0.587. The number of hydrogen-bond donors (Lipinski definition) is 3. The van der Waals surface area contributed by atoms with E-state index >= 15 is 0 Å². The molecule has 0 amide bonds. The number of rotatable bonds is 6. The summed E-state index contributed by atoms with van der Waals surface area (Å²) in [4.78, 5) is 12.9. The molecule has 1 aliphatic rings. The van der Waals surface area contributed by atoms with Gasteiger partial charge in [0.25, 0.3) is 10.0 Å². The van der Waals surface area contributed by atoms with Crippen LogP contribution in [0.2, 0.25) is 5.15 Å². The Labute approximate surface area is 193 Å². The van der Waals surface area contributed by atoms with Crippen LogP contribution >= 0.6 is 11.6 Å². The Balaban J connectivity index is 1.94. The number of hydrogen-bond acceptors (Lipinski definition) is 8. The number of pyridine rings is 1. The Kier molecular flexibility index (Phi) is 6.78. The molecule has 9 nitrogen and oxygen atoms in total. The summed E-state index contributed by atoms with van der Waals surface area (Å²) in [6.07, 6.45) is -3.12. The number of piperidine rings is 1. The van der Waals surface area contributed by atoms with E-state index in [-0.39, 0.29) is 46.4 Å². The molecule has 0 aromatic carbocycles. The van der Waals surface area contributed by atoms with Gasteiger partial charge in [0.2, 0.25) is 5.95 Å². The zero-order chi connectivity index (χ0) is 24.6. The number of alkyl halides is 3. The predicted octanol–water partition coefficient (Wildman–Crippen LogP) is 3.45. The van der Waals surface area contributed by atoms with Gasteiger partial charge in [-0.3, -0.25) is 4.72 Å². The Bertz CT molecular complexity index is 1170. The molecule has 1 aliphatic heterocycles. The minimum Gasteiger partial charge on any atom is -0.388 e. The molecule has 33 heavy (non-hydrogen) atoms. The number of aromatic nitrogens is 3. The van der Waals surface area contributed by atoms with Crippen LogP contribution in [-0.4, -0.2) is 47.2 Å². The summed E-state index contributed by atoms with van der Waals surface area (Å²) in [5, 5.41) is 12.4. The van der Waals surface area contributed by atoms with Crippen molar-refractivity contribution in [1.82, 2.24) is 19.7 Å². The van der Waals surface area contributed by atoms with Gasteiger partial charge in [-0.05, 0) is 38.8 Å². The maximum Gasteiger partial charge on any atom is 0.421 e. The quantitative estimate of drug-likeness (QED) is 0.509. The molecule has 0 bridgehead atoms. The minimum atomic E-state index is -4.71. The molecule has 14 heteroatoms. The maximum atomic E-state index is 13.6. The van der Waals surface area contributed by atoms with Gasteiger partial charge in [0.05, 0.1) is 11.3 Å². The van der Waals surface area contributed by atoms with Crippen LogP contribution in [0.4, 0.5) is 30.6 Å². The van der Waals surface area contributed by atoms with E-state index in [1.807, 2.05) is 0 Å². The molecule has 1 saturated heterocycles. The Morgan fingerprint density at radius 2 is 2.03 bits per heavy atom. The second kappa shape index (κ2) is 8.95. The fourth-order valence-corrected chi connectivity index (χ4v) is 4.61. The molecule has 3 rings (SSSR count). The van der Waals surface area contributed by atoms with Gasteiger partial charge in [0.15, 0.2) is 10.2 Å². The summed E-state index contributed by atoms with van der Waals surface area (Å²) in [6.45, 7) is 6.72. The molecule has 2 aromatic heterocycles. The van der Waals surface area contributed by atoms with E-state index < -0.39 is 27.4 Å². The van der Waals surface area contributed by atoms with Crippen molar-refractivity contribution >= 4 is 39.1 Å². The lowest BCUT2D eigenvalue weighted by Gasteiger charge is -2.38. The first-order valence-electron chi connectivity index (χ1n) is 9.71. The first kappa shape index (κ1) is 25.0. The molecule has 0 unspecified atom stereocenters. The van der Waals surface area contributed by atoms with E-state index in [0.29, 0.717) is 19.0 Å². The second-order valence-electron chi connectivity index (χ2n) is 7.95. The maximum absolute atomic E-state index is 13.6. The van der Waals surface area contributed by atoms with E-state index in [9.17, 15) is 26.7 Å². The van der Waals surface area contributed by atoms with Crippen LogP contribution in [0.25, 0.3) is 0 Å². The van der Waals surface area contributed by atoms with Crippen molar-refractivity contribution < 1.29 is 26.7 Å².